The van der Waals surface area contributed by atoms with Crippen LogP contribution in [-0.4, -0.2) is 5.78 Å². The zero-order chi connectivity index (χ0) is 13.1. The number of carbonyl (C=O) groups excluding carboxylic acids is 1. The molecule has 0 aliphatic rings. The van der Waals surface area contributed by atoms with E-state index in [0.717, 1.165) is 5.69 Å². The second-order valence-corrected chi connectivity index (χ2v) is 3.99. The van der Waals surface area contributed by atoms with Crippen LogP contribution in [0.15, 0.2) is 42.5 Å². The summed E-state index contributed by atoms with van der Waals surface area (Å²) in [4.78, 5) is 11.2. The lowest BCUT2D eigenvalue weighted by Gasteiger charge is -2.10. The van der Waals surface area contributed by atoms with E-state index in [9.17, 15) is 9.18 Å². The first-order valence-electron chi connectivity index (χ1n) is 5.49. The minimum atomic E-state index is -0.291. The number of benzene rings is 2. The summed E-state index contributed by atoms with van der Waals surface area (Å²) in [6, 6.07) is 11.0. The van der Waals surface area contributed by atoms with E-state index in [2.05, 4.69) is 5.32 Å². The Hall–Kier alpha value is -2.36. The van der Waals surface area contributed by atoms with Crippen LogP contribution in [0.4, 0.5) is 21.5 Å². The molecule has 92 valence electrons. The van der Waals surface area contributed by atoms with Crippen LogP contribution in [0.5, 0.6) is 0 Å². The van der Waals surface area contributed by atoms with E-state index < -0.39 is 0 Å². The van der Waals surface area contributed by atoms with Crippen molar-refractivity contribution in [3.05, 3.63) is 53.8 Å². The number of nitrogen functional groups attached to an aromatic ring is 1. The van der Waals surface area contributed by atoms with Crippen molar-refractivity contribution < 1.29 is 9.18 Å². The van der Waals surface area contributed by atoms with Crippen molar-refractivity contribution >= 4 is 22.8 Å². The number of rotatable bonds is 3. The predicted molar refractivity (Wildman–Crippen MR) is 70.5 cm³/mol. The summed E-state index contributed by atoms with van der Waals surface area (Å²) in [6.45, 7) is 1.49. The number of nitrogens with two attached hydrogens (primary N) is 1. The van der Waals surface area contributed by atoms with Gasteiger partial charge < -0.3 is 11.1 Å². The first-order valence-corrected chi connectivity index (χ1v) is 5.49. The van der Waals surface area contributed by atoms with Crippen LogP contribution in [0, 0.1) is 5.82 Å². The van der Waals surface area contributed by atoms with Gasteiger partial charge in [-0.1, -0.05) is 0 Å². The smallest absolute Gasteiger partial charge is 0.159 e. The van der Waals surface area contributed by atoms with Gasteiger partial charge in [-0.05, 0) is 49.4 Å². The van der Waals surface area contributed by atoms with Crippen molar-refractivity contribution in [2.24, 2.45) is 0 Å². The molecule has 0 radical (unpaired) electrons. The largest absolute Gasteiger partial charge is 0.397 e. The summed E-state index contributed by atoms with van der Waals surface area (Å²) in [6.07, 6.45) is 0. The monoisotopic (exact) mass is 244 g/mol. The van der Waals surface area contributed by atoms with E-state index in [-0.39, 0.29) is 11.6 Å². The van der Waals surface area contributed by atoms with Crippen molar-refractivity contribution in [3.8, 4) is 0 Å². The molecule has 2 aromatic carbocycles. The van der Waals surface area contributed by atoms with Gasteiger partial charge in [-0.3, -0.25) is 4.79 Å². The maximum Gasteiger partial charge on any atom is 0.159 e. The third kappa shape index (κ3) is 2.66. The lowest BCUT2D eigenvalue weighted by Crippen LogP contribution is -1.99. The molecule has 0 fully saturated rings. The molecule has 0 heterocycles. The van der Waals surface area contributed by atoms with E-state index in [0.29, 0.717) is 16.9 Å². The van der Waals surface area contributed by atoms with Gasteiger partial charge in [0.05, 0.1) is 11.4 Å². The van der Waals surface area contributed by atoms with Crippen molar-refractivity contribution in [2.45, 2.75) is 6.92 Å². The minimum absolute atomic E-state index is 0.0324. The number of hydrogen-bond acceptors (Lipinski definition) is 3. The topological polar surface area (TPSA) is 55.1 Å². The Morgan fingerprint density at radius 3 is 2.39 bits per heavy atom. The average Bonchev–Trinajstić information content (AvgIpc) is 2.34. The molecule has 2 aromatic rings. The molecule has 2 rings (SSSR count). The zero-order valence-corrected chi connectivity index (χ0v) is 9.91. The van der Waals surface area contributed by atoms with Gasteiger partial charge in [0.2, 0.25) is 0 Å². The van der Waals surface area contributed by atoms with Crippen LogP contribution < -0.4 is 11.1 Å². The summed E-state index contributed by atoms with van der Waals surface area (Å²) < 4.78 is 12.8. The van der Waals surface area contributed by atoms with Gasteiger partial charge >= 0.3 is 0 Å². The fraction of sp³-hybridized carbons (Fsp3) is 0.0714. The Morgan fingerprint density at radius 1 is 1.17 bits per heavy atom. The SMILES string of the molecule is CC(=O)c1ccc(Nc2ccc(F)cc2)c(N)c1. The second-order valence-electron chi connectivity index (χ2n) is 3.99. The van der Waals surface area contributed by atoms with Crippen LogP contribution in [0.1, 0.15) is 17.3 Å². The van der Waals surface area contributed by atoms with Gasteiger partial charge in [-0.2, -0.15) is 0 Å². The highest BCUT2D eigenvalue weighted by molar-refractivity contribution is 5.96. The fourth-order valence-corrected chi connectivity index (χ4v) is 1.58. The molecule has 0 atom stereocenters. The first-order chi connectivity index (χ1) is 8.56. The Kier molecular flexibility index (Phi) is 3.28. The van der Waals surface area contributed by atoms with E-state index in [1.54, 1.807) is 30.3 Å². The normalized spacial score (nSPS) is 10.1. The van der Waals surface area contributed by atoms with Crippen LogP contribution in [-0.2, 0) is 0 Å². The summed E-state index contributed by atoms with van der Waals surface area (Å²) in [5.74, 6) is -0.324. The quantitative estimate of drug-likeness (QED) is 0.643. The summed E-state index contributed by atoms with van der Waals surface area (Å²) >= 11 is 0. The van der Waals surface area contributed by atoms with Crippen molar-refractivity contribution in [1.82, 2.24) is 0 Å². The molecule has 0 aliphatic heterocycles. The van der Waals surface area contributed by atoms with E-state index in [1.807, 2.05) is 0 Å². The molecule has 0 bridgehead atoms. The molecule has 3 nitrogen and oxygen atoms in total. The summed E-state index contributed by atoms with van der Waals surface area (Å²) in [5, 5.41) is 3.06. The number of nitrogens with one attached hydrogen (secondary N) is 1. The Labute approximate surface area is 104 Å². The van der Waals surface area contributed by atoms with Crippen molar-refractivity contribution in [2.75, 3.05) is 11.1 Å². The lowest BCUT2D eigenvalue weighted by atomic mass is 10.1. The molecule has 3 N–H and O–H groups in total. The Morgan fingerprint density at radius 2 is 1.83 bits per heavy atom. The highest BCUT2D eigenvalue weighted by atomic mass is 19.1. The number of ketones is 1. The lowest BCUT2D eigenvalue weighted by molar-refractivity contribution is 0.101. The first kappa shape index (κ1) is 12.1. The molecular formula is C14H13FN2O. The maximum absolute atomic E-state index is 12.8. The molecule has 0 aromatic heterocycles. The number of Topliss-reactive ketones (excluding diaryl/α,β-unsaturated/α-hetero) is 1. The molecule has 0 unspecified atom stereocenters. The zero-order valence-electron chi connectivity index (χ0n) is 9.91. The van der Waals surface area contributed by atoms with E-state index >= 15 is 0 Å². The minimum Gasteiger partial charge on any atom is -0.397 e. The van der Waals surface area contributed by atoms with Gasteiger partial charge in [0.15, 0.2) is 5.78 Å². The molecule has 0 saturated carbocycles. The van der Waals surface area contributed by atoms with Gasteiger partial charge in [-0.15, -0.1) is 0 Å². The number of halogens is 1. The molecule has 0 amide bonds. The number of carbonyl (C=O) groups is 1. The summed E-state index contributed by atoms with van der Waals surface area (Å²) in [5.41, 5.74) is 8.32. The maximum atomic E-state index is 12.8. The molecule has 18 heavy (non-hydrogen) atoms. The van der Waals surface area contributed by atoms with Crippen LogP contribution in [0.2, 0.25) is 0 Å². The predicted octanol–water partition coefficient (Wildman–Crippen LogP) is 3.35. The molecular weight excluding hydrogens is 231 g/mol. The molecule has 0 spiro atoms. The van der Waals surface area contributed by atoms with Crippen LogP contribution in [0.3, 0.4) is 0 Å². The van der Waals surface area contributed by atoms with Gasteiger partial charge in [0, 0.05) is 11.3 Å². The molecule has 0 aliphatic carbocycles. The number of hydrogen-bond donors (Lipinski definition) is 2. The second kappa shape index (κ2) is 4.87. The van der Waals surface area contributed by atoms with Gasteiger partial charge in [0.1, 0.15) is 5.82 Å². The van der Waals surface area contributed by atoms with Gasteiger partial charge in [-0.25, -0.2) is 4.39 Å². The van der Waals surface area contributed by atoms with Crippen molar-refractivity contribution in [3.63, 3.8) is 0 Å². The Bertz CT molecular complexity index is 579. The Balaban J connectivity index is 2.24. The van der Waals surface area contributed by atoms with Crippen molar-refractivity contribution in [1.29, 1.82) is 0 Å². The highest BCUT2D eigenvalue weighted by Crippen LogP contribution is 2.24. The summed E-state index contributed by atoms with van der Waals surface area (Å²) in [7, 11) is 0. The van der Waals surface area contributed by atoms with Gasteiger partial charge in [0.25, 0.3) is 0 Å². The highest BCUT2D eigenvalue weighted by Gasteiger charge is 2.04. The third-order valence-electron chi connectivity index (χ3n) is 2.58. The van der Waals surface area contributed by atoms with Crippen LogP contribution >= 0.6 is 0 Å². The average molecular weight is 244 g/mol. The molecule has 4 heteroatoms. The standard InChI is InChI=1S/C14H13FN2O/c1-9(18)10-2-7-14(13(16)8-10)17-12-5-3-11(15)4-6-12/h2-8,17H,16H2,1H3. The number of anilines is 3. The fourth-order valence-electron chi connectivity index (χ4n) is 1.58. The van der Waals surface area contributed by atoms with Crippen LogP contribution in [0.25, 0.3) is 0 Å². The van der Waals surface area contributed by atoms with E-state index in [4.69, 9.17) is 5.73 Å². The van der Waals surface area contributed by atoms with E-state index in [1.165, 1.54) is 19.1 Å². The third-order valence-corrected chi connectivity index (χ3v) is 2.58. The molecule has 0 saturated heterocycles.